The highest BCUT2D eigenvalue weighted by atomic mass is 28.1. The van der Waals surface area contributed by atoms with Crippen LogP contribution in [0.1, 0.15) is 13.3 Å². The Bertz CT molecular complexity index is 51.3. The van der Waals surface area contributed by atoms with Crippen LogP contribution in [0.15, 0.2) is 0 Å². The van der Waals surface area contributed by atoms with Crippen LogP contribution in [0.3, 0.4) is 0 Å². The molecule has 0 unspecified atom stereocenters. The Labute approximate surface area is 51.9 Å². The van der Waals surface area contributed by atoms with Crippen molar-refractivity contribution in [3.05, 3.63) is 0 Å². The van der Waals surface area contributed by atoms with E-state index in [0.717, 1.165) is 13.0 Å². The van der Waals surface area contributed by atoms with Crippen LogP contribution in [0.5, 0.6) is 0 Å². The summed E-state index contributed by atoms with van der Waals surface area (Å²) in [4.78, 5) is 9.45. The fraction of sp³-hybridized carbons (Fsp3) is 0.750. The highest BCUT2D eigenvalue weighted by Gasteiger charge is 1.69. The minimum absolute atomic E-state index is 0.712. The molecule has 0 aliphatic rings. The van der Waals surface area contributed by atoms with Gasteiger partial charge in [0.1, 0.15) is 0 Å². The van der Waals surface area contributed by atoms with Crippen molar-refractivity contribution < 1.29 is 9.26 Å². The Kier molecular flexibility index (Phi) is 21.0. The molecule has 8 heavy (non-hydrogen) atoms. The Hall–Kier alpha value is -0.513. The van der Waals surface area contributed by atoms with Crippen molar-refractivity contribution in [3.8, 4) is 0 Å². The third-order valence-electron chi connectivity index (χ3n) is 0.478. The molecule has 0 atom stereocenters. The van der Waals surface area contributed by atoms with Crippen molar-refractivity contribution in [1.29, 1.82) is 0 Å². The summed E-state index contributed by atoms with van der Waals surface area (Å²) >= 11 is 0. The molecule has 0 heterocycles. The molecule has 2 radical (unpaired) electrons. The predicted molar refractivity (Wildman–Crippen MR) is 30.8 cm³/mol. The summed E-state index contributed by atoms with van der Waals surface area (Å²) in [5, 5.41) is 2.52. The zero-order valence-corrected chi connectivity index (χ0v) is 5.81. The molecule has 0 aromatic rings. The van der Waals surface area contributed by atoms with Crippen LogP contribution in [0, 0.1) is 0 Å². The van der Waals surface area contributed by atoms with Gasteiger partial charge < -0.3 is 9.78 Å². The van der Waals surface area contributed by atoms with Gasteiger partial charge in [-0.2, -0.15) is 0 Å². The van der Waals surface area contributed by atoms with Gasteiger partial charge in [-0.3, -0.25) is 4.79 Å². The van der Waals surface area contributed by atoms with Crippen molar-refractivity contribution in [2.45, 2.75) is 13.3 Å². The number of rotatable bonds is 3. The molecule has 0 saturated carbocycles. The molecule has 0 rings (SSSR count). The lowest BCUT2D eigenvalue weighted by atomic mass is 10.5. The average molecular weight is 131 g/mol. The molecule has 0 fully saturated rings. The van der Waals surface area contributed by atoms with Gasteiger partial charge in [-0.05, 0) is 6.42 Å². The van der Waals surface area contributed by atoms with Gasteiger partial charge in [0.2, 0.25) is 6.41 Å². The van der Waals surface area contributed by atoms with Gasteiger partial charge in [-0.25, -0.2) is 0 Å². The molecule has 1 amide bonds. The zero-order valence-electron chi connectivity index (χ0n) is 4.81. The van der Waals surface area contributed by atoms with E-state index in [4.69, 9.17) is 4.46 Å². The number of amides is 1. The zero-order chi connectivity index (χ0) is 6.83. The van der Waals surface area contributed by atoms with Crippen molar-refractivity contribution >= 4 is 16.5 Å². The number of hydrogen-bond donors (Lipinski definition) is 1. The third kappa shape index (κ3) is 17.9. The maximum atomic E-state index is 9.45. The number of carbonyl (C=O) groups excluding carboxylic acids is 1. The molecule has 4 heteroatoms. The van der Waals surface area contributed by atoms with Gasteiger partial charge >= 0.3 is 10.1 Å². The smallest absolute Gasteiger partial charge is 0.381 e. The van der Waals surface area contributed by atoms with Gasteiger partial charge in [0.25, 0.3) is 0 Å². The van der Waals surface area contributed by atoms with E-state index in [2.05, 4.69) is 5.32 Å². The first-order valence-corrected chi connectivity index (χ1v) is 2.70. The number of hydrogen-bond acceptors (Lipinski definition) is 2. The average Bonchev–Trinajstić information content (AvgIpc) is 1.88. The molecule has 0 aliphatic carbocycles. The van der Waals surface area contributed by atoms with Crippen LogP contribution in [-0.4, -0.2) is 23.1 Å². The first-order valence-electron chi connectivity index (χ1n) is 2.29. The SMILES string of the molecule is CCCNC=O.O=[Si]. The fourth-order valence-corrected chi connectivity index (χ4v) is 0.203. The molecular formula is C4H9NO2Si. The summed E-state index contributed by atoms with van der Waals surface area (Å²) in [6, 6.07) is 0. The molecule has 0 aliphatic heterocycles. The molecule has 0 bridgehead atoms. The number of carbonyl (C=O) groups is 1. The molecule has 1 N–H and O–H groups in total. The monoisotopic (exact) mass is 131 g/mol. The lowest BCUT2D eigenvalue weighted by molar-refractivity contribution is -0.109. The van der Waals surface area contributed by atoms with E-state index < -0.39 is 0 Å². The van der Waals surface area contributed by atoms with Gasteiger partial charge in [0.05, 0.1) is 0 Å². The highest BCUT2D eigenvalue weighted by molar-refractivity contribution is 5.85. The van der Waals surface area contributed by atoms with Gasteiger partial charge in [0, 0.05) is 6.54 Å². The third-order valence-corrected chi connectivity index (χ3v) is 0.478. The molecular weight excluding hydrogens is 122 g/mol. The van der Waals surface area contributed by atoms with Crippen LogP contribution in [-0.2, 0) is 9.26 Å². The molecule has 46 valence electrons. The highest BCUT2D eigenvalue weighted by Crippen LogP contribution is 1.63. The Morgan fingerprint density at radius 2 is 2.12 bits per heavy atom. The summed E-state index contributed by atoms with van der Waals surface area (Å²) < 4.78 is 8.06. The minimum Gasteiger partial charge on any atom is -0.381 e. The predicted octanol–water partition coefficient (Wildman–Crippen LogP) is -0.357. The quantitative estimate of drug-likeness (QED) is 0.323. The van der Waals surface area contributed by atoms with Crippen LogP contribution in [0.25, 0.3) is 0 Å². The van der Waals surface area contributed by atoms with Crippen molar-refractivity contribution in [2.24, 2.45) is 0 Å². The maximum absolute atomic E-state index is 9.45. The second kappa shape index (κ2) is 16.1. The van der Waals surface area contributed by atoms with Crippen molar-refractivity contribution in [2.75, 3.05) is 6.54 Å². The summed E-state index contributed by atoms with van der Waals surface area (Å²) in [7, 11) is 1.72. The van der Waals surface area contributed by atoms with E-state index in [0.29, 0.717) is 6.41 Å². The standard InChI is InChI=1S/C4H9NO.OSi/c1-2-3-5-4-6;1-2/h4H,2-3H2,1H3,(H,5,6);. The lowest BCUT2D eigenvalue weighted by Gasteiger charge is -1.86. The van der Waals surface area contributed by atoms with Crippen molar-refractivity contribution in [3.63, 3.8) is 0 Å². The summed E-state index contributed by atoms with van der Waals surface area (Å²) in [6.45, 7) is 2.81. The van der Waals surface area contributed by atoms with E-state index in [1.165, 1.54) is 0 Å². The molecule has 0 spiro atoms. The summed E-state index contributed by atoms with van der Waals surface area (Å²) in [5.41, 5.74) is 0. The van der Waals surface area contributed by atoms with E-state index in [-0.39, 0.29) is 0 Å². The minimum atomic E-state index is 0.712. The van der Waals surface area contributed by atoms with Gasteiger partial charge in [-0.15, -0.1) is 0 Å². The lowest BCUT2D eigenvalue weighted by Crippen LogP contribution is -2.10. The first kappa shape index (κ1) is 10.5. The van der Waals surface area contributed by atoms with Gasteiger partial charge in [-0.1, -0.05) is 6.92 Å². The number of nitrogens with one attached hydrogen (secondary N) is 1. The van der Waals surface area contributed by atoms with Crippen LogP contribution in [0.2, 0.25) is 0 Å². The van der Waals surface area contributed by atoms with E-state index in [9.17, 15) is 4.79 Å². The van der Waals surface area contributed by atoms with E-state index in [1.54, 1.807) is 10.1 Å². The van der Waals surface area contributed by atoms with Crippen LogP contribution < -0.4 is 5.32 Å². The molecule has 0 saturated heterocycles. The second-order valence-electron chi connectivity index (χ2n) is 1.07. The van der Waals surface area contributed by atoms with Crippen molar-refractivity contribution in [1.82, 2.24) is 5.32 Å². The molecule has 0 aromatic heterocycles. The maximum Gasteiger partial charge on any atom is 0.381 e. The Morgan fingerprint density at radius 3 is 2.25 bits per heavy atom. The topological polar surface area (TPSA) is 46.2 Å². The van der Waals surface area contributed by atoms with E-state index in [1.807, 2.05) is 6.92 Å². The molecule has 0 aromatic carbocycles. The first-order chi connectivity index (χ1) is 3.91. The largest absolute Gasteiger partial charge is 0.381 e. The van der Waals surface area contributed by atoms with E-state index >= 15 is 0 Å². The summed E-state index contributed by atoms with van der Waals surface area (Å²) in [6.07, 6.45) is 1.72. The summed E-state index contributed by atoms with van der Waals surface area (Å²) in [5.74, 6) is 0. The fourth-order valence-electron chi connectivity index (χ4n) is 0.203. The Balaban J connectivity index is 0. The van der Waals surface area contributed by atoms with Gasteiger partial charge in [0.15, 0.2) is 0 Å². The normalized spacial score (nSPS) is 6.12. The second-order valence-corrected chi connectivity index (χ2v) is 1.07. The van der Waals surface area contributed by atoms with Crippen LogP contribution in [0.4, 0.5) is 0 Å². The molecule has 3 nitrogen and oxygen atoms in total. The van der Waals surface area contributed by atoms with Crippen LogP contribution >= 0.6 is 0 Å². The Morgan fingerprint density at radius 1 is 1.62 bits per heavy atom.